The largest absolute Gasteiger partial charge is 0.465 e. The van der Waals surface area contributed by atoms with Gasteiger partial charge in [-0.3, -0.25) is 19.2 Å². The lowest BCUT2D eigenvalue weighted by Crippen LogP contribution is -2.42. The number of nitrogens with one attached hydrogen (secondary N) is 2. The minimum absolute atomic E-state index is 0.324. The summed E-state index contributed by atoms with van der Waals surface area (Å²) in [6.45, 7) is 0.291. The number of rotatable bonds is 8. The zero-order valence-electron chi connectivity index (χ0n) is 17.0. The first-order valence-corrected chi connectivity index (χ1v) is 10.5. The Morgan fingerprint density at radius 1 is 1.47 bits per heavy atom. The molecule has 1 aliphatic rings. The lowest BCUT2D eigenvalue weighted by Gasteiger charge is -2.22. The van der Waals surface area contributed by atoms with Crippen molar-refractivity contribution in [3.8, 4) is 0 Å². The number of hydrogen-bond donors (Lipinski definition) is 5. The summed E-state index contributed by atoms with van der Waals surface area (Å²) in [5, 5.41) is 22.3. The smallest absolute Gasteiger partial charge is 0.410 e. The van der Waals surface area contributed by atoms with Crippen molar-refractivity contribution in [1.29, 1.82) is 0 Å². The van der Waals surface area contributed by atoms with E-state index in [1.54, 1.807) is 5.32 Å². The maximum atomic E-state index is 14.5. The van der Waals surface area contributed by atoms with Crippen LogP contribution in [0.25, 0.3) is 0 Å². The van der Waals surface area contributed by atoms with E-state index in [9.17, 15) is 37.7 Å². The standard InChI is InChI=1S/C15H22F2N5O9P/c1-7(11(24)21(2)3)20-32(28,29)30-6-8-10(23)15(16,17)12(31-8)22-5-4-9(18-13(22)25)19-14(26)27/h4-5,7-8,10,12,23H,6H2,1-3H3,(H,26,27)(H,18,19,25)(H2,20,28,29)/t7-,8+,10+,12+/m0/s1. The van der Waals surface area contributed by atoms with Crippen molar-refractivity contribution < 1.29 is 47.3 Å². The number of aliphatic hydroxyl groups excluding tert-OH is 1. The number of likely N-dealkylation sites (N-methyl/N-ethyl adjacent to an activating group) is 1. The van der Waals surface area contributed by atoms with Gasteiger partial charge in [-0.1, -0.05) is 0 Å². The average Bonchev–Trinajstić information content (AvgIpc) is 2.88. The van der Waals surface area contributed by atoms with Gasteiger partial charge in [0.1, 0.15) is 11.9 Å². The predicted molar refractivity (Wildman–Crippen MR) is 102 cm³/mol. The van der Waals surface area contributed by atoms with E-state index in [0.717, 1.165) is 17.2 Å². The molecule has 14 nitrogen and oxygen atoms in total. The summed E-state index contributed by atoms with van der Waals surface area (Å²) in [7, 11) is -1.84. The number of alkyl halides is 2. The maximum absolute atomic E-state index is 14.5. The molecule has 1 aromatic rings. The quantitative estimate of drug-likeness (QED) is 0.296. The minimum atomic E-state index is -4.66. The molecule has 2 heterocycles. The maximum Gasteiger partial charge on any atom is 0.410 e. The highest BCUT2D eigenvalue weighted by molar-refractivity contribution is 7.50. The fourth-order valence-electron chi connectivity index (χ4n) is 2.78. The Hall–Kier alpha value is -2.49. The highest BCUT2D eigenvalue weighted by Gasteiger charge is 2.60. The second kappa shape index (κ2) is 9.56. The molecule has 0 saturated carbocycles. The third kappa shape index (κ3) is 5.85. The van der Waals surface area contributed by atoms with Crippen molar-refractivity contribution in [3.05, 3.63) is 22.7 Å². The van der Waals surface area contributed by atoms with E-state index in [0.29, 0.717) is 4.57 Å². The molecule has 32 heavy (non-hydrogen) atoms. The molecule has 1 aromatic heterocycles. The zero-order chi connectivity index (χ0) is 24.4. The summed E-state index contributed by atoms with van der Waals surface area (Å²) in [6, 6.07) is -0.229. The number of nitrogens with zero attached hydrogens (tertiary/aromatic N) is 3. The molecule has 1 saturated heterocycles. The molecule has 180 valence electrons. The number of carbonyl (C=O) groups is 2. The van der Waals surface area contributed by atoms with Gasteiger partial charge in [0.25, 0.3) is 0 Å². The van der Waals surface area contributed by atoms with E-state index in [1.807, 2.05) is 5.09 Å². The van der Waals surface area contributed by atoms with E-state index in [4.69, 9.17) is 9.84 Å². The Kier molecular flexibility index (Phi) is 7.70. The topological polar surface area (TPSA) is 193 Å². The highest BCUT2D eigenvalue weighted by atomic mass is 31.2. The van der Waals surface area contributed by atoms with Crippen molar-refractivity contribution in [1.82, 2.24) is 19.5 Å². The highest BCUT2D eigenvalue weighted by Crippen LogP contribution is 2.44. The summed E-state index contributed by atoms with van der Waals surface area (Å²) in [5.41, 5.74) is -1.31. The summed E-state index contributed by atoms with van der Waals surface area (Å²) in [6.07, 6.45) is -7.47. The molecule has 5 atom stereocenters. The van der Waals surface area contributed by atoms with Gasteiger partial charge in [-0.15, -0.1) is 0 Å². The first kappa shape index (κ1) is 25.8. The van der Waals surface area contributed by atoms with Crippen LogP contribution < -0.4 is 16.1 Å². The van der Waals surface area contributed by atoms with E-state index in [-0.39, 0.29) is 0 Å². The molecule has 0 bridgehead atoms. The molecule has 5 N–H and O–H groups in total. The van der Waals surface area contributed by atoms with E-state index < -0.39 is 68.3 Å². The number of hydrogen-bond acceptors (Lipinski definition) is 8. The number of halogens is 2. The van der Waals surface area contributed by atoms with Gasteiger partial charge in [0.15, 0.2) is 6.10 Å². The Balaban J connectivity index is 2.12. The molecule has 0 radical (unpaired) electrons. The number of amides is 2. The van der Waals surface area contributed by atoms with Crippen LogP contribution in [-0.4, -0.2) is 86.4 Å². The summed E-state index contributed by atoms with van der Waals surface area (Å²) >= 11 is 0. The number of carbonyl (C=O) groups excluding carboxylic acids is 1. The van der Waals surface area contributed by atoms with Crippen molar-refractivity contribution >= 4 is 25.6 Å². The zero-order valence-corrected chi connectivity index (χ0v) is 17.9. The van der Waals surface area contributed by atoms with Crippen molar-refractivity contribution in [3.63, 3.8) is 0 Å². The second-order valence-electron chi connectivity index (χ2n) is 6.98. The van der Waals surface area contributed by atoms with E-state index in [2.05, 4.69) is 9.51 Å². The van der Waals surface area contributed by atoms with Crippen LogP contribution in [0.2, 0.25) is 0 Å². The first-order chi connectivity index (χ1) is 14.7. The fourth-order valence-corrected chi connectivity index (χ4v) is 3.80. The van der Waals surface area contributed by atoms with Crippen LogP contribution in [0.1, 0.15) is 13.2 Å². The summed E-state index contributed by atoms with van der Waals surface area (Å²) in [4.78, 5) is 48.6. The van der Waals surface area contributed by atoms with Gasteiger partial charge in [0.2, 0.25) is 12.1 Å². The van der Waals surface area contributed by atoms with Gasteiger partial charge in [-0.25, -0.2) is 19.2 Å². The molecule has 0 aliphatic carbocycles. The Morgan fingerprint density at radius 3 is 2.62 bits per heavy atom. The molecule has 17 heteroatoms. The Bertz CT molecular complexity index is 975. The predicted octanol–water partition coefficient (Wildman–Crippen LogP) is -0.590. The van der Waals surface area contributed by atoms with E-state index in [1.165, 1.54) is 21.0 Å². The SMILES string of the molecule is C[C@H](NP(=O)(O)OC[C@H]1O[C@@H](n2ccc(NC(=O)O)nc2=O)C(F)(F)[C@@H]1O)C(=O)N(C)C. The Labute approximate surface area is 179 Å². The molecule has 2 amide bonds. The third-order valence-corrected chi connectivity index (χ3v) is 5.49. The number of aromatic nitrogens is 2. The first-order valence-electron chi connectivity index (χ1n) is 8.92. The molecular weight excluding hydrogens is 463 g/mol. The van der Waals surface area contributed by atoms with Gasteiger partial charge in [0, 0.05) is 20.3 Å². The van der Waals surface area contributed by atoms with Crippen LogP contribution in [0.15, 0.2) is 17.1 Å². The number of carboxylic acid groups (broad SMARTS) is 1. The van der Waals surface area contributed by atoms with Crippen LogP contribution in [0.5, 0.6) is 0 Å². The van der Waals surface area contributed by atoms with Crippen LogP contribution in [0.4, 0.5) is 19.4 Å². The van der Waals surface area contributed by atoms with Gasteiger partial charge in [-0.2, -0.15) is 13.8 Å². The molecule has 1 unspecified atom stereocenters. The lowest BCUT2D eigenvalue weighted by molar-refractivity contribution is -0.140. The van der Waals surface area contributed by atoms with Gasteiger partial charge < -0.3 is 24.7 Å². The molecule has 1 aliphatic heterocycles. The number of aliphatic hydroxyl groups is 1. The molecule has 2 rings (SSSR count). The molecule has 0 aromatic carbocycles. The van der Waals surface area contributed by atoms with E-state index >= 15 is 0 Å². The Morgan fingerprint density at radius 2 is 2.09 bits per heavy atom. The van der Waals surface area contributed by atoms with Gasteiger partial charge >= 0.3 is 25.5 Å². The van der Waals surface area contributed by atoms with Crippen molar-refractivity contribution in [2.45, 2.75) is 37.3 Å². The van der Waals surface area contributed by atoms with Gasteiger partial charge in [0.05, 0.1) is 12.6 Å². The molecular formula is C15H22F2N5O9P. The van der Waals surface area contributed by atoms with Crippen LogP contribution in [-0.2, 0) is 18.6 Å². The lowest BCUT2D eigenvalue weighted by atomic mass is 10.1. The minimum Gasteiger partial charge on any atom is -0.465 e. The summed E-state index contributed by atoms with van der Waals surface area (Å²) in [5.74, 6) is -5.02. The van der Waals surface area contributed by atoms with Crippen LogP contribution in [0, 0.1) is 0 Å². The van der Waals surface area contributed by atoms with Crippen molar-refractivity contribution in [2.24, 2.45) is 0 Å². The molecule has 0 spiro atoms. The average molecular weight is 485 g/mol. The number of anilines is 1. The van der Waals surface area contributed by atoms with Crippen molar-refractivity contribution in [2.75, 3.05) is 26.0 Å². The van der Waals surface area contributed by atoms with Crippen LogP contribution >= 0.6 is 7.75 Å². The van der Waals surface area contributed by atoms with Crippen LogP contribution in [0.3, 0.4) is 0 Å². The van der Waals surface area contributed by atoms with Gasteiger partial charge in [-0.05, 0) is 13.0 Å². The molecule has 1 fully saturated rings. The summed E-state index contributed by atoms with van der Waals surface area (Å²) < 4.78 is 51.2. The fraction of sp³-hybridized carbons (Fsp3) is 0.600. The third-order valence-electron chi connectivity index (χ3n) is 4.28. The second-order valence-corrected chi connectivity index (χ2v) is 8.54. The number of ether oxygens (including phenoxy) is 1. The normalized spacial score (nSPS) is 25.0. The monoisotopic (exact) mass is 485 g/mol.